The Balaban J connectivity index is 1.65. The molecule has 1 aromatic carbocycles. The Kier molecular flexibility index (Phi) is 6.50. The summed E-state index contributed by atoms with van der Waals surface area (Å²) in [7, 11) is 0. The van der Waals surface area contributed by atoms with E-state index in [-0.39, 0.29) is 30.4 Å². The fraction of sp³-hybridized carbons (Fsp3) is 0.417. The number of benzene rings is 1. The zero-order valence-electron chi connectivity index (χ0n) is 19.0. The van der Waals surface area contributed by atoms with Crippen molar-refractivity contribution < 1.29 is 23.8 Å². The van der Waals surface area contributed by atoms with Crippen LogP contribution < -0.4 is 10.2 Å². The van der Waals surface area contributed by atoms with Crippen LogP contribution in [0, 0.1) is 11.3 Å². The van der Waals surface area contributed by atoms with E-state index in [0.29, 0.717) is 48.8 Å². The number of carbonyl (C=O) groups is 2. The molecule has 10 heteroatoms. The minimum atomic E-state index is -1.61. The molecule has 1 atom stereocenters. The number of aromatic nitrogens is 1. The van der Waals surface area contributed by atoms with Crippen molar-refractivity contribution in [3.63, 3.8) is 0 Å². The number of fused-ring (bicyclic) bond motifs is 1. The van der Waals surface area contributed by atoms with Gasteiger partial charge in [-0.25, -0.2) is 9.37 Å². The summed E-state index contributed by atoms with van der Waals surface area (Å²) in [6.07, 6.45) is -1.61. The van der Waals surface area contributed by atoms with Crippen LogP contribution in [-0.4, -0.2) is 71.4 Å². The molecule has 4 rings (SSSR count). The van der Waals surface area contributed by atoms with Gasteiger partial charge in [-0.05, 0) is 43.7 Å². The highest BCUT2D eigenvalue weighted by atomic mass is 19.1. The van der Waals surface area contributed by atoms with Crippen molar-refractivity contribution in [2.45, 2.75) is 32.2 Å². The number of nitriles is 1. The molecular weight excluding hydrogens is 441 g/mol. The van der Waals surface area contributed by atoms with E-state index in [4.69, 9.17) is 10.00 Å². The van der Waals surface area contributed by atoms with E-state index in [0.717, 1.165) is 0 Å². The third kappa shape index (κ3) is 4.85. The standard InChI is InChI=1S/C24H26FN5O4/c1-24(2,33)21(25)14-30-13-15-10-19(28-22(31)18-5-3-4-16(12-26)27-18)20(11-17(15)23(30)32)29-6-8-34-9-7-29/h3-5,10-11,21,33H,6-9,13-14H2,1-2H3,(H,28,31)/t21-/m1/s1. The first-order valence-electron chi connectivity index (χ1n) is 11.0. The molecule has 9 nitrogen and oxygen atoms in total. The summed E-state index contributed by atoms with van der Waals surface area (Å²) in [6, 6.07) is 9.96. The van der Waals surface area contributed by atoms with Crippen LogP contribution in [0.1, 0.15) is 46.0 Å². The van der Waals surface area contributed by atoms with Crippen molar-refractivity contribution in [3.05, 3.63) is 52.8 Å². The third-order valence-electron chi connectivity index (χ3n) is 5.94. The Morgan fingerprint density at radius 1 is 1.35 bits per heavy atom. The van der Waals surface area contributed by atoms with Gasteiger partial charge in [-0.2, -0.15) is 5.26 Å². The lowest BCUT2D eigenvalue weighted by atomic mass is 10.0. The largest absolute Gasteiger partial charge is 0.387 e. The van der Waals surface area contributed by atoms with Crippen LogP contribution in [0.5, 0.6) is 0 Å². The van der Waals surface area contributed by atoms with Gasteiger partial charge in [-0.1, -0.05) is 6.07 Å². The molecule has 0 radical (unpaired) electrons. The number of amides is 2. The van der Waals surface area contributed by atoms with Gasteiger partial charge in [-0.15, -0.1) is 0 Å². The minimum absolute atomic E-state index is 0.0932. The Labute approximate surface area is 196 Å². The van der Waals surface area contributed by atoms with E-state index in [9.17, 15) is 19.1 Å². The van der Waals surface area contributed by atoms with Gasteiger partial charge in [0.15, 0.2) is 0 Å². The Morgan fingerprint density at radius 3 is 2.76 bits per heavy atom. The fourth-order valence-electron chi connectivity index (χ4n) is 3.95. The predicted octanol–water partition coefficient (Wildman–Crippen LogP) is 2.11. The number of hydrogen-bond donors (Lipinski definition) is 2. The SMILES string of the molecule is CC(C)(O)[C@H](F)CN1Cc2cc(NC(=O)c3cccc(C#N)n3)c(N3CCOCC3)cc2C1=O. The lowest BCUT2D eigenvalue weighted by Gasteiger charge is -2.31. The van der Waals surface area contributed by atoms with Gasteiger partial charge in [0.2, 0.25) is 0 Å². The first-order valence-corrected chi connectivity index (χ1v) is 11.0. The molecule has 0 bridgehead atoms. The zero-order chi connectivity index (χ0) is 24.5. The maximum atomic E-state index is 14.5. The lowest BCUT2D eigenvalue weighted by molar-refractivity contribution is -0.0159. The number of rotatable bonds is 6. The van der Waals surface area contributed by atoms with Crippen molar-refractivity contribution in [1.82, 2.24) is 9.88 Å². The highest BCUT2D eigenvalue weighted by Gasteiger charge is 2.35. The average molecular weight is 468 g/mol. The number of nitrogens with one attached hydrogen (secondary N) is 1. The monoisotopic (exact) mass is 467 g/mol. The molecule has 2 aliphatic rings. The first-order chi connectivity index (χ1) is 16.2. The maximum Gasteiger partial charge on any atom is 0.274 e. The molecule has 2 N–H and O–H groups in total. The van der Waals surface area contributed by atoms with E-state index in [1.165, 1.54) is 30.9 Å². The Morgan fingerprint density at radius 2 is 2.09 bits per heavy atom. The summed E-state index contributed by atoms with van der Waals surface area (Å²) >= 11 is 0. The van der Waals surface area contributed by atoms with Crippen LogP contribution in [-0.2, 0) is 11.3 Å². The zero-order valence-corrected chi connectivity index (χ0v) is 19.0. The van der Waals surface area contributed by atoms with Gasteiger partial charge in [0.05, 0.1) is 36.7 Å². The number of ether oxygens (including phenoxy) is 1. The minimum Gasteiger partial charge on any atom is -0.387 e. The second-order valence-electron chi connectivity index (χ2n) is 8.91. The average Bonchev–Trinajstić information content (AvgIpc) is 3.12. The molecule has 34 heavy (non-hydrogen) atoms. The molecule has 2 amide bonds. The van der Waals surface area contributed by atoms with Gasteiger partial charge >= 0.3 is 0 Å². The summed E-state index contributed by atoms with van der Waals surface area (Å²) in [5.74, 6) is -0.809. The van der Waals surface area contributed by atoms with Crippen LogP contribution >= 0.6 is 0 Å². The quantitative estimate of drug-likeness (QED) is 0.668. The molecule has 1 fully saturated rings. The molecular formula is C24H26FN5O4. The van der Waals surface area contributed by atoms with E-state index < -0.39 is 17.7 Å². The summed E-state index contributed by atoms with van der Waals surface area (Å²) in [5, 5.41) is 21.9. The number of alkyl halides is 1. The van der Waals surface area contributed by atoms with Gasteiger partial charge < -0.3 is 25.0 Å². The molecule has 1 saturated heterocycles. The second kappa shape index (κ2) is 9.37. The van der Waals surface area contributed by atoms with Gasteiger partial charge in [0, 0.05) is 25.2 Å². The van der Waals surface area contributed by atoms with E-state index in [1.807, 2.05) is 11.0 Å². The smallest absolute Gasteiger partial charge is 0.274 e. The second-order valence-corrected chi connectivity index (χ2v) is 8.91. The Hall–Kier alpha value is -3.55. The van der Waals surface area contributed by atoms with Crippen molar-refractivity contribution in [1.29, 1.82) is 5.26 Å². The van der Waals surface area contributed by atoms with Gasteiger partial charge in [-0.3, -0.25) is 9.59 Å². The van der Waals surface area contributed by atoms with Crippen LogP contribution in [0.3, 0.4) is 0 Å². The van der Waals surface area contributed by atoms with E-state index in [2.05, 4.69) is 10.3 Å². The highest BCUT2D eigenvalue weighted by Crippen LogP contribution is 2.35. The topological polar surface area (TPSA) is 119 Å². The highest BCUT2D eigenvalue weighted by molar-refractivity contribution is 6.07. The van der Waals surface area contributed by atoms with Crippen molar-refractivity contribution in [2.24, 2.45) is 0 Å². The van der Waals surface area contributed by atoms with Gasteiger partial charge in [0.25, 0.3) is 11.8 Å². The predicted molar refractivity (Wildman–Crippen MR) is 122 cm³/mol. The van der Waals surface area contributed by atoms with Crippen LogP contribution in [0.25, 0.3) is 0 Å². The summed E-state index contributed by atoms with van der Waals surface area (Å²) in [4.78, 5) is 33.4. The first kappa shape index (κ1) is 23.6. The summed E-state index contributed by atoms with van der Waals surface area (Å²) in [5.41, 5.74) is 0.883. The molecule has 3 heterocycles. The molecule has 2 aromatic rings. The maximum absolute atomic E-state index is 14.5. The number of carbonyl (C=O) groups excluding carboxylic acids is 2. The number of pyridine rings is 1. The van der Waals surface area contributed by atoms with E-state index >= 15 is 0 Å². The lowest BCUT2D eigenvalue weighted by Crippen LogP contribution is -2.42. The molecule has 0 unspecified atom stereocenters. The van der Waals surface area contributed by atoms with Crippen molar-refractivity contribution >= 4 is 23.2 Å². The number of nitrogens with zero attached hydrogens (tertiary/aromatic N) is 4. The number of anilines is 2. The van der Waals surface area contributed by atoms with Crippen molar-refractivity contribution in [3.8, 4) is 6.07 Å². The number of hydrogen-bond acceptors (Lipinski definition) is 7. The van der Waals surface area contributed by atoms with Crippen LogP contribution in [0.15, 0.2) is 30.3 Å². The molecule has 2 aliphatic heterocycles. The van der Waals surface area contributed by atoms with Crippen LogP contribution in [0.4, 0.5) is 15.8 Å². The summed E-state index contributed by atoms with van der Waals surface area (Å²) < 4.78 is 19.9. The third-order valence-corrected chi connectivity index (χ3v) is 5.94. The summed E-state index contributed by atoms with van der Waals surface area (Å²) in [6.45, 7) is 4.82. The number of aliphatic hydroxyl groups is 1. The molecule has 1 aromatic heterocycles. The van der Waals surface area contributed by atoms with Crippen LogP contribution in [0.2, 0.25) is 0 Å². The molecule has 0 aliphatic carbocycles. The fourth-order valence-corrected chi connectivity index (χ4v) is 3.95. The molecule has 0 saturated carbocycles. The Bertz CT molecular complexity index is 1150. The van der Waals surface area contributed by atoms with Gasteiger partial charge in [0.1, 0.15) is 23.6 Å². The van der Waals surface area contributed by atoms with Crippen molar-refractivity contribution in [2.75, 3.05) is 43.1 Å². The number of morpholine rings is 1. The number of halogens is 1. The molecule has 178 valence electrons. The normalized spacial score (nSPS) is 16.7. The van der Waals surface area contributed by atoms with E-state index in [1.54, 1.807) is 18.2 Å². The molecule has 0 spiro atoms.